The normalized spacial score (nSPS) is 10.5. The molecule has 2 amide bonds. The molecule has 6 nitrogen and oxygen atoms in total. The van der Waals surface area contributed by atoms with Gasteiger partial charge in [-0.2, -0.15) is 5.10 Å². The molecular formula is C19H20ClN3O3. The van der Waals surface area contributed by atoms with E-state index in [1.807, 2.05) is 31.2 Å². The summed E-state index contributed by atoms with van der Waals surface area (Å²) in [6, 6.07) is 14.6. The largest absolute Gasteiger partial charge is 0.489 e. The van der Waals surface area contributed by atoms with Crippen molar-refractivity contribution in [1.82, 2.24) is 10.7 Å². The van der Waals surface area contributed by atoms with Crippen LogP contribution >= 0.6 is 11.6 Å². The SMILES string of the molecule is CCCNC(=O)C(=O)N/N=C\c1ccc(OCc2cccc(Cl)c2)cc1. The van der Waals surface area contributed by atoms with Crippen LogP contribution in [-0.2, 0) is 16.2 Å². The fraction of sp³-hybridized carbons (Fsp3) is 0.211. The summed E-state index contributed by atoms with van der Waals surface area (Å²) >= 11 is 5.94. The fourth-order valence-electron chi connectivity index (χ4n) is 1.98. The van der Waals surface area contributed by atoms with Crippen molar-refractivity contribution in [2.75, 3.05) is 6.54 Å². The molecule has 2 aromatic rings. The predicted molar refractivity (Wildman–Crippen MR) is 101 cm³/mol. The van der Waals surface area contributed by atoms with Crippen LogP contribution in [0.5, 0.6) is 5.75 Å². The van der Waals surface area contributed by atoms with Crippen molar-refractivity contribution in [2.24, 2.45) is 5.10 Å². The first-order valence-electron chi connectivity index (χ1n) is 8.17. The lowest BCUT2D eigenvalue weighted by atomic mass is 10.2. The number of halogens is 1. The number of amides is 2. The van der Waals surface area contributed by atoms with Gasteiger partial charge in [0.2, 0.25) is 0 Å². The third-order valence-corrected chi connectivity index (χ3v) is 3.53. The summed E-state index contributed by atoms with van der Waals surface area (Å²) in [5, 5.41) is 6.90. The molecule has 2 rings (SSSR count). The molecule has 0 aliphatic heterocycles. The summed E-state index contributed by atoms with van der Waals surface area (Å²) in [4.78, 5) is 22.8. The van der Waals surface area contributed by atoms with E-state index in [2.05, 4.69) is 15.8 Å². The number of carbonyl (C=O) groups is 2. The average Bonchev–Trinajstić information content (AvgIpc) is 2.65. The monoisotopic (exact) mass is 373 g/mol. The average molecular weight is 374 g/mol. The number of hydrogen-bond donors (Lipinski definition) is 2. The van der Waals surface area contributed by atoms with Crippen molar-refractivity contribution in [2.45, 2.75) is 20.0 Å². The summed E-state index contributed by atoms with van der Waals surface area (Å²) in [5.41, 5.74) is 3.92. The van der Waals surface area contributed by atoms with Crippen molar-refractivity contribution in [1.29, 1.82) is 0 Å². The second-order valence-corrected chi connectivity index (χ2v) is 5.88. The molecule has 0 bridgehead atoms. The zero-order valence-corrected chi connectivity index (χ0v) is 15.1. The molecule has 0 aliphatic carbocycles. The van der Waals surface area contributed by atoms with E-state index in [9.17, 15) is 9.59 Å². The summed E-state index contributed by atoms with van der Waals surface area (Å²) < 4.78 is 5.69. The number of hydrogen-bond acceptors (Lipinski definition) is 4. The molecule has 0 spiro atoms. The third kappa shape index (κ3) is 6.57. The van der Waals surface area contributed by atoms with Gasteiger partial charge in [-0.1, -0.05) is 30.7 Å². The Morgan fingerprint density at radius 1 is 1.15 bits per heavy atom. The molecule has 7 heteroatoms. The summed E-state index contributed by atoms with van der Waals surface area (Å²) in [6.45, 7) is 2.77. The van der Waals surface area contributed by atoms with E-state index in [4.69, 9.17) is 16.3 Å². The highest BCUT2D eigenvalue weighted by Gasteiger charge is 2.10. The van der Waals surface area contributed by atoms with E-state index >= 15 is 0 Å². The topological polar surface area (TPSA) is 79.8 Å². The van der Waals surface area contributed by atoms with Gasteiger partial charge in [0, 0.05) is 11.6 Å². The van der Waals surface area contributed by atoms with Gasteiger partial charge in [-0.15, -0.1) is 0 Å². The second kappa shape index (κ2) is 10.2. The minimum Gasteiger partial charge on any atom is -0.489 e. The molecule has 0 fully saturated rings. The number of ether oxygens (including phenoxy) is 1. The Bertz CT molecular complexity index is 776. The van der Waals surface area contributed by atoms with E-state index in [1.54, 1.807) is 24.3 Å². The van der Waals surface area contributed by atoms with E-state index in [0.717, 1.165) is 17.5 Å². The van der Waals surface area contributed by atoms with E-state index in [-0.39, 0.29) is 0 Å². The lowest BCUT2D eigenvalue weighted by molar-refractivity contribution is -0.139. The smallest absolute Gasteiger partial charge is 0.329 e. The minimum absolute atomic E-state index is 0.414. The number of rotatable bonds is 7. The Labute approximate surface area is 157 Å². The lowest BCUT2D eigenvalue weighted by Crippen LogP contribution is -2.38. The summed E-state index contributed by atoms with van der Waals surface area (Å²) in [7, 11) is 0. The fourth-order valence-corrected chi connectivity index (χ4v) is 2.19. The van der Waals surface area contributed by atoms with Crippen molar-refractivity contribution >= 4 is 29.6 Å². The molecule has 0 heterocycles. The van der Waals surface area contributed by atoms with Crippen LogP contribution in [0.4, 0.5) is 0 Å². The van der Waals surface area contributed by atoms with Crippen LogP contribution in [0.3, 0.4) is 0 Å². The zero-order chi connectivity index (χ0) is 18.8. The first kappa shape index (κ1) is 19.5. The second-order valence-electron chi connectivity index (χ2n) is 5.44. The van der Waals surface area contributed by atoms with E-state index < -0.39 is 11.8 Å². The van der Waals surface area contributed by atoms with Crippen LogP contribution in [0.2, 0.25) is 5.02 Å². The van der Waals surface area contributed by atoms with Gasteiger partial charge in [0.25, 0.3) is 0 Å². The van der Waals surface area contributed by atoms with Crippen molar-refractivity contribution in [3.05, 3.63) is 64.7 Å². The van der Waals surface area contributed by atoms with Gasteiger partial charge in [-0.25, -0.2) is 5.43 Å². The molecule has 2 aromatic carbocycles. The number of carbonyl (C=O) groups excluding carboxylic acids is 2. The van der Waals surface area contributed by atoms with Crippen molar-refractivity contribution in [3.63, 3.8) is 0 Å². The third-order valence-electron chi connectivity index (χ3n) is 3.30. The van der Waals surface area contributed by atoms with Crippen LogP contribution < -0.4 is 15.5 Å². The standard InChI is InChI=1S/C19H20ClN3O3/c1-2-10-21-18(24)19(25)23-22-12-14-6-8-17(9-7-14)26-13-15-4-3-5-16(20)11-15/h3-9,11-12H,2,10,13H2,1H3,(H,21,24)(H,23,25)/b22-12-. The maximum absolute atomic E-state index is 11.5. The lowest BCUT2D eigenvalue weighted by Gasteiger charge is -2.06. The van der Waals surface area contributed by atoms with Crippen LogP contribution in [0.1, 0.15) is 24.5 Å². The Hall–Kier alpha value is -2.86. The number of nitrogens with zero attached hydrogens (tertiary/aromatic N) is 1. The van der Waals surface area contributed by atoms with Crippen LogP contribution in [0.25, 0.3) is 0 Å². The van der Waals surface area contributed by atoms with Gasteiger partial charge in [-0.3, -0.25) is 9.59 Å². The Kier molecular flexibility index (Phi) is 7.64. The first-order chi connectivity index (χ1) is 12.6. The molecule has 0 radical (unpaired) electrons. The maximum Gasteiger partial charge on any atom is 0.329 e. The molecule has 0 saturated carbocycles. The number of nitrogens with one attached hydrogen (secondary N) is 2. The van der Waals surface area contributed by atoms with Gasteiger partial charge < -0.3 is 10.1 Å². The Morgan fingerprint density at radius 2 is 1.92 bits per heavy atom. The van der Waals surface area contributed by atoms with Crippen LogP contribution in [-0.4, -0.2) is 24.6 Å². The van der Waals surface area contributed by atoms with Crippen molar-refractivity contribution < 1.29 is 14.3 Å². The molecule has 0 unspecified atom stereocenters. The molecule has 0 aliphatic rings. The van der Waals surface area contributed by atoms with E-state index in [1.165, 1.54) is 6.21 Å². The van der Waals surface area contributed by atoms with Gasteiger partial charge in [0.1, 0.15) is 12.4 Å². The number of hydrazone groups is 1. The highest BCUT2D eigenvalue weighted by atomic mass is 35.5. The van der Waals surface area contributed by atoms with Gasteiger partial charge in [0.05, 0.1) is 6.21 Å². The molecule has 0 saturated heterocycles. The van der Waals surface area contributed by atoms with Crippen LogP contribution in [0.15, 0.2) is 53.6 Å². The Morgan fingerprint density at radius 3 is 2.62 bits per heavy atom. The predicted octanol–water partition coefficient (Wildman–Crippen LogP) is 2.90. The quantitative estimate of drug-likeness (QED) is 0.445. The van der Waals surface area contributed by atoms with Gasteiger partial charge >= 0.3 is 11.8 Å². The number of benzene rings is 2. The highest BCUT2D eigenvalue weighted by molar-refractivity contribution is 6.35. The van der Waals surface area contributed by atoms with Crippen molar-refractivity contribution in [3.8, 4) is 5.75 Å². The van der Waals surface area contributed by atoms with E-state index in [0.29, 0.717) is 23.9 Å². The molecule has 0 atom stereocenters. The maximum atomic E-state index is 11.5. The molecule has 2 N–H and O–H groups in total. The molecule has 136 valence electrons. The van der Waals surface area contributed by atoms with Crippen LogP contribution in [0, 0.1) is 0 Å². The minimum atomic E-state index is -0.795. The zero-order valence-electron chi connectivity index (χ0n) is 14.4. The van der Waals surface area contributed by atoms with Gasteiger partial charge in [0.15, 0.2) is 0 Å². The molecule has 26 heavy (non-hydrogen) atoms. The molecule has 0 aromatic heterocycles. The Balaban J connectivity index is 1.81. The van der Waals surface area contributed by atoms with Gasteiger partial charge in [-0.05, 0) is 53.9 Å². The summed E-state index contributed by atoms with van der Waals surface area (Å²) in [6.07, 6.45) is 2.21. The first-order valence-corrected chi connectivity index (χ1v) is 8.55. The summed E-state index contributed by atoms with van der Waals surface area (Å²) in [5.74, 6) is -0.796. The molecular weight excluding hydrogens is 354 g/mol. The highest BCUT2D eigenvalue weighted by Crippen LogP contribution is 2.15.